The van der Waals surface area contributed by atoms with Crippen molar-refractivity contribution in [3.05, 3.63) is 71.3 Å². The molecule has 1 amide bonds. The van der Waals surface area contributed by atoms with Gasteiger partial charge < -0.3 is 19.5 Å². The third-order valence-corrected chi connectivity index (χ3v) is 4.70. The summed E-state index contributed by atoms with van der Waals surface area (Å²) in [5, 5.41) is 9.99. The van der Waals surface area contributed by atoms with Gasteiger partial charge in [0.25, 0.3) is 5.91 Å². The molecule has 0 aliphatic carbocycles. The van der Waals surface area contributed by atoms with Crippen molar-refractivity contribution < 1.29 is 19.4 Å². The normalized spacial score (nSPS) is 20.2. The van der Waals surface area contributed by atoms with E-state index in [9.17, 15) is 9.90 Å². The highest BCUT2D eigenvalue weighted by Gasteiger charge is 2.38. The summed E-state index contributed by atoms with van der Waals surface area (Å²) in [7, 11) is 1.65. The molecule has 3 rings (SSSR count). The van der Waals surface area contributed by atoms with Crippen LogP contribution in [0.1, 0.15) is 21.5 Å². The molecule has 1 N–H and O–H groups in total. The smallest absolute Gasteiger partial charge is 0.254 e. The van der Waals surface area contributed by atoms with E-state index in [2.05, 4.69) is 0 Å². The van der Waals surface area contributed by atoms with Gasteiger partial charge in [0.1, 0.15) is 5.60 Å². The number of carbonyl (C=O) groups excluding carboxylic acids is 1. The lowest BCUT2D eigenvalue weighted by atomic mass is 9.93. The molecule has 0 radical (unpaired) electrons. The van der Waals surface area contributed by atoms with E-state index in [-0.39, 0.29) is 12.5 Å². The highest BCUT2D eigenvalue weighted by molar-refractivity contribution is 5.94. The van der Waals surface area contributed by atoms with Gasteiger partial charge >= 0.3 is 0 Å². The number of nitrogens with zero attached hydrogens (tertiary/aromatic N) is 1. The average molecular weight is 355 g/mol. The summed E-state index contributed by atoms with van der Waals surface area (Å²) in [5.74, 6) is -0.0387. The Balaban J connectivity index is 1.72. The fraction of sp³-hybridized carbons (Fsp3) is 0.381. The van der Waals surface area contributed by atoms with Crippen LogP contribution in [-0.4, -0.2) is 54.9 Å². The van der Waals surface area contributed by atoms with Gasteiger partial charge in [0.15, 0.2) is 0 Å². The van der Waals surface area contributed by atoms with Crippen LogP contribution in [0.5, 0.6) is 0 Å². The molecule has 5 heteroatoms. The predicted molar refractivity (Wildman–Crippen MR) is 99.0 cm³/mol. The van der Waals surface area contributed by atoms with E-state index in [1.54, 1.807) is 12.0 Å². The molecule has 2 aromatic carbocycles. The number of amides is 1. The second kappa shape index (κ2) is 8.45. The lowest BCUT2D eigenvalue weighted by Gasteiger charge is -2.42. The van der Waals surface area contributed by atoms with E-state index in [0.717, 1.165) is 11.1 Å². The number of aliphatic hydroxyl groups excluding tert-OH is 1. The average Bonchev–Trinajstić information content (AvgIpc) is 2.69. The zero-order valence-electron chi connectivity index (χ0n) is 15.1. The van der Waals surface area contributed by atoms with Crippen LogP contribution >= 0.6 is 0 Å². The van der Waals surface area contributed by atoms with Gasteiger partial charge in [0, 0.05) is 25.6 Å². The summed E-state index contributed by atoms with van der Waals surface area (Å²) in [5.41, 5.74) is 1.99. The highest BCUT2D eigenvalue weighted by atomic mass is 16.5. The predicted octanol–water partition coefficient (Wildman–Crippen LogP) is 2.28. The number of morpholine rings is 1. The Labute approximate surface area is 154 Å². The van der Waals surface area contributed by atoms with Gasteiger partial charge in [-0.25, -0.2) is 0 Å². The first-order valence-corrected chi connectivity index (χ1v) is 8.82. The number of benzene rings is 2. The van der Waals surface area contributed by atoms with Crippen molar-refractivity contribution >= 4 is 5.91 Å². The van der Waals surface area contributed by atoms with Gasteiger partial charge in [-0.2, -0.15) is 0 Å². The Bertz CT molecular complexity index is 717. The summed E-state index contributed by atoms with van der Waals surface area (Å²) in [6.07, 6.45) is 0.570. The van der Waals surface area contributed by atoms with Crippen molar-refractivity contribution in [2.45, 2.75) is 18.6 Å². The Morgan fingerprint density at radius 2 is 1.88 bits per heavy atom. The van der Waals surface area contributed by atoms with Crippen LogP contribution < -0.4 is 0 Å². The van der Waals surface area contributed by atoms with Crippen LogP contribution in [0.25, 0.3) is 0 Å². The van der Waals surface area contributed by atoms with Crippen LogP contribution in [0.3, 0.4) is 0 Å². The summed E-state index contributed by atoms with van der Waals surface area (Å²) < 4.78 is 11.0. The van der Waals surface area contributed by atoms with Crippen LogP contribution in [0.4, 0.5) is 0 Å². The van der Waals surface area contributed by atoms with E-state index in [0.29, 0.717) is 38.3 Å². The summed E-state index contributed by atoms with van der Waals surface area (Å²) in [6, 6.07) is 17.4. The lowest BCUT2D eigenvalue weighted by Crippen LogP contribution is -2.56. The molecule has 0 unspecified atom stereocenters. The minimum atomic E-state index is -0.759. The van der Waals surface area contributed by atoms with E-state index < -0.39 is 5.60 Å². The number of methoxy groups -OCH3 is 1. The fourth-order valence-corrected chi connectivity index (χ4v) is 3.34. The van der Waals surface area contributed by atoms with Gasteiger partial charge in [-0.3, -0.25) is 4.79 Å². The molecule has 1 atom stereocenters. The Morgan fingerprint density at radius 1 is 1.15 bits per heavy atom. The summed E-state index contributed by atoms with van der Waals surface area (Å²) in [6.45, 7) is 1.71. The molecule has 5 nitrogen and oxygen atoms in total. The van der Waals surface area contributed by atoms with Crippen molar-refractivity contribution in [2.75, 3.05) is 33.4 Å². The number of aliphatic hydroxyl groups is 1. The Kier molecular flexibility index (Phi) is 6.04. The van der Waals surface area contributed by atoms with Crippen LogP contribution in [0, 0.1) is 0 Å². The molecule has 1 aliphatic heterocycles. The van der Waals surface area contributed by atoms with Crippen molar-refractivity contribution in [3.63, 3.8) is 0 Å². The fourth-order valence-electron chi connectivity index (χ4n) is 3.34. The SMILES string of the molecule is COCc1ccc(C(=O)N2CCO[C@](CO)(Cc3ccccc3)C2)cc1. The highest BCUT2D eigenvalue weighted by Crippen LogP contribution is 2.24. The summed E-state index contributed by atoms with van der Waals surface area (Å²) in [4.78, 5) is 14.7. The first-order valence-electron chi connectivity index (χ1n) is 8.82. The van der Waals surface area contributed by atoms with Crippen molar-refractivity contribution in [1.82, 2.24) is 4.90 Å². The Hall–Kier alpha value is -2.21. The maximum Gasteiger partial charge on any atom is 0.254 e. The van der Waals surface area contributed by atoms with E-state index in [1.165, 1.54) is 0 Å². The van der Waals surface area contributed by atoms with Crippen molar-refractivity contribution in [3.8, 4) is 0 Å². The maximum absolute atomic E-state index is 12.9. The molecule has 0 aromatic heterocycles. The van der Waals surface area contributed by atoms with Gasteiger partial charge in [-0.15, -0.1) is 0 Å². The Morgan fingerprint density at radius 3 is 2.54 bits per heavy atom. The number of carbonyl (C=O) groups is 1. The van der Waals surface area contributed by atoms with Gasteiger partial charge in [0.05, 0.1) is 26.4 Å². The zero-order chi connectivity index (χ0) is 18.4. The molecule has 0 spiro atoms. The summed E-state index contributed by atoms with van der Waals surface area (Å²) >= 11 is 0. The van der Waals surface area contributed by atoms with Crippen LogP contribution in [-0.2, 0) is 22.5 Å². The second-order valence-electron chi connectivity index (χ2n) is 6.71. The standard InChI is InChI=1S/C21H25NO4/c1-25-14-18-7-9-19(10-8-18)20(24)22-11-12-26-21(15-22,16-23)13-17-5-3-2-4-6-17/h2-10,23H,11-16H2,1H3/t21-/m1/s1. The number of ether oxygens (including phenoxy) is 2. The second-order valence-corrected chi connectivity index (χ2v) is 6.71. The molecule has 1 heterocycles. The largest absolute Gasteiger partial charge is 0.393 e. The van der Waals surface area contributed by atoms with Crippen LogP contribution in [0.15, 0.2) is 54.6 Å². The molecular formula is C21H25NO4. The molecular weight excluding hydrogens is 330 g/mol. The molecule has 26 heavy (non-hydrogen) atoms. The molecule has 1 saturated heterocycles. The zero-order valence-corrected chi connectivity index (χ0v) is 15.1. The van der Waals surface area contributed by atoms with E-state index in [4.69, 9.17) is 9.47 Å². The molecule has 1 fully saturated rings. The van der Waals surface area contributed by atoms with Crippen molar-refractivity contribution in [2.24, 2.45) is 0 Å². The molecule has 2 aromatic rings. The lowest BCUT2D eigenvalue weighted by molar-refractivity contribution is -0.123. The quantitative estimate of drug-likeness (QED) is 0.864. The van der Waals surface area contributed by atoms with Gasteiger partial charge in [0.2, 0.25) is 0 Å². The van der Waals surface area contributed by atoms with Crippen molar-refractivity contribution in [1.29, 1.82) is 0 Å². The topological polar surface area (TPSA) is 59.0 Å². The number of hydrogen-bond acceptors (Lipinski definition) is 4. The molecule has 0 bridgehead atoms. The monoisotopic (exact) mass is 355 g/mol. The minimum Gasteiger partial charge on any atom is -0.393 e. The van der Waals surface area contributed by atoms with Gasteiger partial charge in [-0.05, 0) is 23.3 Å². The molecule has 138 valence electrons. The number of rotatable bonds is 6. The molecule has 0 saturated carbocycles. The number of hydrogen-bond donors (Lipinski definition) is 1. The molecule has 1 aliphatic rings. The van der Waals surface area contributed by atoms with Crippen LogP contribution in [0.2, 0.25) is 0 Å². The first-order chi connectivity index (χ1) is 12.7. The third-order valence-electron chi connectivity index (χ3n) is 4.70. The van der Waals surface area contributed by atoms with Gasteiger partial charge in [-0.1, -0.05) is 42.5 Å². The maximum atomic E-state index is 12.9. The minimum absolute atomic E-state index is 0.0387. The van der Waals surface area contributed by atoms with E-state index in [1.807, 2.05) is 54.6 Å². The van der Waals surface area contributed by atoms with E-state index >= 15 is 0 Å². The third kappa shape index (κ3) is 4.30. The first kappa shape index (κ1) is 18.6.